The Morgan fingerprint density at radius 1 is 0.580 bits per heavy atom. The van der Waals surface area contributed by atoms with E-state index >= 15 is 0 Å². The van der Waals surface area contributed by atoms with Gasteiger partial charge in [-0.05, 0) is 146 Å². The third-order valence-electron chi connectivity index (χ3n) is 13.1. The number of hydrogen-bond acceptors (Lipinski definition) is 2. The average Bonchev–Trinajstić information content (AvgIpc) is 1.85. The number of hydrogen-bond donors (Lipinski definition) is 0. The second kappa shape index (κ2) is 15.8. The summed E-state index contributed by atoms with van der Waals surface area (Å²) in [7, 11) is 0. The van der Waals surface area contributed by atoms with Gasteiger partial charge in [0.05, 0.1) is 44.4 Å². The van der Waals surface area contributed by atoms with Gasteiger partial charge in [-0.2, -0.15) is 0 Å². The third kappa shape index (κ3) is 6.98. The zero-order valence-electron chi connectivity index (χ0n) is 52.9. The third-order valence-corrected chi connectivity index (χ3v) is 13.1. The first-order valence-corrected chi connectivity index (χ1v) is 22.9. The first kappa shape index (κ1) is 29.7. The van der Waals surface area contributed by atoms with E-state index in [0.717, 1.165) is 33.2 Å². The van der Waals surface area contributed by atoms with Crippen molar-refractivity contribution in [2.45, 2.75) is 66.1 Å². The molecule has 336 valence electrons. The largest absolute Gasteiger partial charge is 0.458 e. The van der Waals surface area contributed by atoms with Crippen LogP contribution in [0.2, 0.25) is 0 Å². The van der Waals surface area contributed by atoms with Crippen molar-refractivity contribution in [1.29, 1.82) is 0 Å². The summed E-state index contributed by atoms with van der Waals surface area (Å²) in [5.74, 6) is 1.77. The maximum Gasteiger partial charge on any atom is 0.269 e. The first-order valence-electron chi connectivity index (χ1n) is 29.9. The molecule has 12 rings (SSSR count). The Kier molecular flexibility index (Phi) is 6.79. The number of imidazole rings is 1. The molecular formula is C64H54N4O. The molecule has 5 heteroatoms. The van der Waals surface area contributed by atoms with Gasteiger partial charge in [-0.15, -0.1) is 0 Å². The molecule has 3 aromatic heterocycles. The Bertz CT molecular complexity index is 4540. The van der Waals surface area contributed by atoms with Gasteiger partial charge in [0.1, 0.15) is 17.3 Å². The maximum atomic E-state index is 9.84. The van der Waals surface area contributed by atoms with Crippen LogP contribution in [0.25, 0.3) is 94.5 Å². The fourth-order valence-corrected chi connectivity index (χ4v) is 9.85. The smallest absolute Gasteiger partial charge is 0.269 e. The van der Waals surface area contributed by atoms with Crippen molar-refractivity contribution >= 4 is 32.8 Å². The second-order valence-electron chi connectivity index (χ2n) is 19.6. The molecule has 8 aromatic carbocycles. The normalized spacial score (nSPS) is 15.6. The zero-order chi connectivity index (χ0) is 59.3. The Hall–Kier alpha value is -8.02. The van der Waals surface area contributed by atoms with Crippen molar-refractivity contribution in [3.63, 3.8) is 0 Å². The average molecular weight is 909 g/mol. The highest BCUT2D eigenvalue weighted by atomic mass is 16.5. The molecule has 0 spiro atoms. The molecule has 0 fully saturated rings. The van der Waals surface area contributed by atoms with Crippen molar-refractivity contribution in [3.05, 3.63) is 211 Å². The van der Waals surface area contributed by atoms with Gasteiger partial charge in [-0.3, -0.25) is 13.7 Å². The molecule has 1 aliphatic rings. The number of rotatable bonds is 5. The topological polar surface area (TPSA) is 35.9 Å². The van der Waals surface area contributed by atoms with Crippen LogP contribution in [-0.4, -0.2) is 14.1 Å². The predicted octanol–water partition coefficient (Wildman–Crippen LogP) is 16.2. The van der Waals surface area contributed by atoms with E-state index in [-0.39, 0.29) is 61.0 Å². The molecule has 0 radical (unpaired) electrons. The molecule has 0 bridgehead atoms. The van der Waals surface area contributed by atoms with Gasteiger partial charge < -0.3 is 4.74 Å². The quantitative estimate of drug-likeness (QED) is 0.127. The van der Waals surface area contributed by atoms with Crippen molar-refractivity contribution in [2.75, 3.05) is 0 Å². The minimum Gasteiger partial charge on any atom is -0.458 e. The van der Waals surface area contributed by atoms with Gasteiger partial charge in [0.25, 0.3) is 6.33 Å². The molecule has 0 saturated heterocycles. The van der Waals surface area contributed by atoms with E-state index in [9.17, 15) is 6.85 Å². The van der Waals surface area contributed by atoms with Gasteiger partial charge in [-0.25, -0.2) is 4.98 Å². The number of ether oxygens (including phenoxy) is 1. The van der Waals surface area contributed by atoms with Crippen molar-refractivity contribution in [2.24, 2.45) is 0 Å². The molecule has 0 saturated carbocycles. The lowest BCUT2D eigenvalue weighted by Gasteiger charge is -2.28. The van der Waals surface area contributed by atoms with E-state index in [0.29, 0.717) is 39.5 Å². The van der Waals surface area contributed by atoms with Crippen LogP contribution in [0.3, 0.4) is 0 Å². The fourth-order valence-electron chi connectivity index (χ4n) is 9.85. The van der Waals surface area contributed by atoms with Gasteiger partial charge in [0.2, 0.25) is 0 Å². The molecular weight excluding hydrogens is 841 g/mol. The van der Waals surface area contributed by atoms with E-state index < -0.39 is 67.5 Å². The number of para-hydroxylation sites is 2. The molecule has 5 nitrogen and oxygen atoms in total. The van der Waals surface area contributed by atoms with Crippen LogP contribution in [-0.2, 0) is 10.8 Å². The minimum absolute atomic E-state index is 0.0409. The summed E-state index contributed by atoms with van der Waals surface area (Å²) in [6.07, 6.45) is 5.43. The summed E-state index contributed by atoms with van der Waals surface area (Å²) >= 11 is 0. The summed E-state index contributed by atoms with van der Waals surface area (Å²) in [6.45, 7) is 6.59. The number of fused-ring (bicyclic) bond motifs is 10. The van der Waals surface area contributed by atoms with Crippen LogP contribution in [0.4, 0.5) is 0 Å². The fraction of sp³-hybridized carbons (Fsp3) is 0.156. The van der Waals surface area contributed by atoms with Crippen LogP contribution >= 0.6 is 0 Å². The Labute approximate surface area is 424 Å². The van der Waals surface area contributed by atoms with E-state index in [1.807, 2.05) is 93.7 Å². The molecule has 0 atom stereocenters. The molecule has 0 N–H and O–H groups in total. The molecule has 0 unspecified atom stereocenters. The second-order valence-corrected chi connectivity index (χ2v) is 19.6. The Morgan fingerprint density at radius 2 is 1.23 bits per heavy atom. The summed E-state index contributed by atoms with van der Waals surface area (Å²) in [4.78, 5) is 4.85. The van der Waals surface area contributed by atoms with Crippen molar-refractivity contribution in [1.82, 2.24) is 14.1 Å². The lowest BCUT2D eigenvalue weighted by molar-refractivity contribution is -0.572. The van der Waals surface area contributed by atoms with Gasteiger partial charge >= 0.3 is 0 Å². The van der Waals surface area contributed by atoms with Crippen LogP contribution in [0.5, 0.6) is 11.5 Å². The van der Waals surface area contributed by atoms with E-state index in [1.165, 1.54) is 24.3 Å². The first-order chi connectivity index (χ1) is 39.1. The van der Waals surface area contributed by atoms with E-state index in [1.54, 1.807) is 27.3 Å². The van der Waals surface area contributed by atoms with E-state index in [4.69, 9.17) is 22.1 Å². The SMILES string of the molecule is [2H]c1c([2H])c([2H])c2c(c1[2H])-c1cc(-c3c(C([2H])([2H])[2H])cccc3C([2H])([2H])[2H])cc(C(C)(C)C)c1-[n+]1[c-]n(-c3cccc(Oc4ccc5c6ccccc6n(-c6cc(C(C)(C)C)ccn6)c5c4)c3)c3cccc(c31)-c1c([2H])c([2H])c([2H])c([2H])c1-2. The molecule has 0 aliphatic carbocycles. The number of aryl methyl sites for hydroxylation is 2. The number of benzene rings is 8. The lowest BCUT2D eigenvalue weighted by atomic mass is 9.79. The standard InChI is InChI=1S/C64H54N4O/c1-40-18-15-19-41(2)60(40)42-34-54-50-25-12-10-23-48(50)47-22-9-11-24-49(47)53-27-17-29-57-62(53)67(61(54)55(35-42)64(6,7)8)39-66(57)44-20-16-21-45(37-44)69-46-30-31-52-51-26-13-14-28-56(51)68(58(52)38-46)59-36-43(32-33-65-59)63(3,4)5/h9-38H,1-8H3/i1D3,2D3,9D,10D,11D,12D,22D,23D,24D,25D. The molecule has 69 heavy (non-hydrogen) atoms. The Morgan fingerprint density at radius 3 is 1.96 bits per heavy atom. The highest BCUT2D eigenvalue weighted by molar-refractivity contribution is 6.09. The maximum absolute atomic E-state index is 9.84. The van der Waals surface area contributed by atoms with Gasteiger partial charge in [-0.1, -0.05) is 157 Å². The minimum atomic E-state index is -2.82. The number of nitrogens with zero attached hydrogens (tertiary/aromatic N) is 4. The summed E-state index contributed by atoms with van der Waals surface area (Å²) < 4.78 is 140. The molecule has 0 amide bonds. The number of aromatic nitrogens is 4. The molecule has 11 aromatic rings. The van der Waals surface area contributed by atoms with Crippen LogP contribution < -0.4 is 9.30 Å². The summed E-state index contributed by atoms with van der Waals surface area (Å²) in [5.41, 5.74) is 3.43. The number of pyridine rings is 1. The predicted molar refractivity (Wildman–Crippen MR) is 284 cm³/mol. The van der Waals surface area contributed by atoms with E-state index in [2.05, 4.69) is 49.9 Å². The summed E-state index contributed by atoms with van der Waals surface area (Å²) in [6, 6.07) is 33.6. The van der Waals surface area contributed by atoms with Crippen LogP contribution in [0, 0.1) is 20.0 Å². The molecule has 4 heterocycles. The Balaban J connectivity index is 1.16. The van der Waals surface area contributed by atoms with Gasteiger partial charge in [0, 0.05) is 31.3 Å². The lowest BCUT2D eigenvalue weighted by Crippen LogP contribution is -2.35. The van der Waals surface area contributed by atoms with Crippen molar-refractivity contribution in [3.8, 4) is 73.2 Å². The van der Waals surface area contributed by atoms with Crippen LogP contribution in [0.15, 0.2) is 182 Å². The monoisotopic (exact) mass is 909 g/mol. The highest BCUT2D eigenvalue weighted by Crippen LogP contribution is 2.47. The zero-order valence-corrected chi connectivity index (χ0v) is 38.9. The van der Waals surface area contributed by atoms with Crippen LogP contribution in [0.1, 0.15) is 83.0 Å². The summed E-state index contributed by atoms with van der Waals surface area (Å²) in [5, 5.41) is 2.06. The molecule has 1 aliphatic heterocycles. The van der Waals surface area contributed by atoms with Gasteiger partial charge in [0.15, 0.2) is 0 Å². The highest BCUT2D eigenvalue weighted by Gasteiger charge is 2.30. The van der Waals surface area contributed by atoms with Crippen molar-refractivity contribution < 1.29 is 28.5 Å².